The molecule has 4 rings (SSSR count). The van der Waals surface area contributed by atoms with E-state index in [1.807, 2.05) is 0 Å². The molecule has 170 valence electrons. The lowest BCUT2D eigenvalue weighted by molar-refractivity contribution is -0.148. The normalized spacial score (nSPS) is 17.4. The third kappa shape index (κ3) is 4.32. The van der Waals surface area contributed by atoms with Crippen LogP contribution >= 0.6 is 11.3 Å². The van der Waals surface area contributed by atoms with Gasteiger partial charge in [0.15, 0.2) is 0 Å². The second kappa shape index (κ2) is 9.08. The van der Waals surface area contributed by atoms with Crippen molar-refractivity contribution in [3.63, 3.8) is 0 Å². The Morgan fingerprint density at radius 2 is 2.16 bits per heavy atom. The summed E-state index contributed by atoms with van der Waals surface area (Å²) in [5, 5.41) is 3.88. The van der Waals surface area contributed by atoms with E-state index in [9.17, 15) is 17.6 Å². The molecular weight excluding hydrogens is 457 g/mol. The molecule has 0 saturated carbocycles. The number of nitrogens with zero attached hydrogens (tertiary/aromatic N) is 3. The molecule has 0 amide bonds. The van der Waals surface area contributed by atoms with Crippen molar-refractivity contribution in [3.05, 3.63) is 41.0 Å². The first kappa shape index (κ1) is 22.6. The highest BCUT2D eigenvalue weighted by Crippen LogP contribution is 2.36. The molecule has 8 nitrogen and oxygen atoms in total. The molecule has 1 aromatic carbocycles. The van der Waals surface area contributed by atoms with E-state index in [4.69, 9.17) is 9.26 Å². The topological polar surface area (TPSA) is 103 Å². The maximum absolute atomic E-state index is 13.5. The number of thiophene rings is 1. The Bertz CT molecular complexity index is 1240. The van der Waals surface area contributed by atoms with Crippen LogP contribution in [0.4, 0.5) is 4.39 Å². The monoisotopic (exact) mass is 479 g/mol. The van der Waals surface area contributed by atoms with Crippen molar-refractivity contribution >= 4 is 27.3 Å². The first-order valence-electron chi connectivity index (χ1n) is 10.2. The number of aromatic nitrogens is 2. The van der Waals surface area contributed by atoms with Crippen molar-refractivity contribution in [1.82, 2.24) is 14.4 Å². The van der Waals surface area contributed by atoms with Gasteiger partial charge in [0, 0.05) is 17.0 Å². The molecule has 0 radical (unpaired) electrons. The lowest BCUT2D eigenvalue weighted by atomic mass is 10.1. The summed E-state index contributed by atoms with van der Waals surface area (Å²) in [6.45, 7) is 3.82. The molecule has 2 aromatic heterocycles. The standard InChI is InChI=1S/C21H22FN3O5S2/c1-3-29-21(26)16-9-4-5-10-25(16)32(27,28)18-12-17(31-13(18)2)20-23-19(24-30-20)14-7-6-8-15(22)11-14/h6-8,11-12,16H,3-5,9-10H2,1-2H3. The molecule has 11 heteroatoms. The zero-order valence-electron chi connectivity index (χ0n) is 17.6. The number of hydrogen-bond acceptors (Lipinski definition) is 8. The van der Waals surface area contributed by atoms with Crippen LogP contribution in [0.25, 0.3) is 22.2 Å². The number of halogens is 1. The van der Waals surface area contributed by atoms with Gasteiger partial charge >= 0.3 is 5.97 Å². The van der Waals surface area contributed by atoms with Gasteiger partial charge in [-0.15, -0.1) is 11.3 Å². The van der Waals surface area contributed by atoms with E-state index in [-0.39, 0.29) is 29.8 Å². The number of benzene rings is 1. The molecular formula is C21H22FN3O5S2. The van der Waals surface area contributed by atoms with Crippen LogP contribution in [-0.2, 0) is 19.6 Å². The van der Waals surface area contributed by atoms with Crippen molar-refractivity contribution in [3.8, 4) is 22.2 Å². The van der Waals surface area contributed by atoms with Crippen LogP contribution in [0.1, 0.15) is 31.1 Å². The average Bonchev–Trinajstić information content (AvgIpc) is 3.41. The fraction of sp³-hybridized carbons (Fsp3) is 0.381. The van der Waals surface area contributed by atoms with Crippen molar-refractivity contribution in [2.24, 2.45) is 0 Å². The van der Waals surface area contributed by atoms with Crippen molar-refractivity contribution in [2.75, 3.05) is 13.2 Å². The summed E-state index contributed by atoms with van der Waals surface area (Å²) in [5.74, 6) is -0.611. The number of aryl methyl sites for hydroxylation is 1. The summed E-state index contributed by atoms with van der Waals surface area (Å²) in [4.78, 5) is 17.8. The molecule has 0 spiro atoms. The van der Waals surface area contributed by atoms with Crippen LogP contribution in [-0.4, -0.2) is 48.0 Å². The van der Waals surface area contributed by atoms with E-state index < -0.39 is 27.9 Å². The first-order chi connectivity index (χ1) is 15.3. The van der Waals surface area contributed by atoms with Gasteiger partial charge in [0.2, 0.25) is 15.8 Å². The van der Waals surface area contributed by atoms with Gasteiger partial charge in [-0.25, -0.2) is 12.8 Å². The summed E-state index contributed by atoms with van der Waals surface area (Å²) in [6.07, 6.45) is 1.86. The highest BCUT2D eigenvalue weighted by molar-refractivity contribution is 7.89. The Morgan fingerprint density at radius 3 is 2.91 bits per heavy atom. The maximum atomic E-state index is 13.5. The van der Waals surface area contributed by atoms with Gasteiger partial charge in [0.1, 0.15) is 11.9 Å². The number of esters is 1. The van der Waals surface area contributed by atoms with Gasteiger partial charge in [-0.05, 0) is 51.3 Å². The molecule has 0 N–H and O–H groups in total. The molecule has 0 aliphatic carbocycles. The lowest BCUT2D eigenvalue weighted by Crippen LogP contribution is -2.48. The zero-order chi connectivity index (χ0) is 22.9. The van der Waals surface area contributed by atoms with Crippen LogP contribution in [0, 0.1) is 12.7 Å². The molecule has 1 atom stereocenters. The Labute approximate surface area is 189 Å². The molecule has 32 heavy (non-hydrogen) atoms. The maximum Gasteiger partial charge on any atom is 0.324 e. The van der Waals surface area contributed by atoms with E-state index in [1.165, 1.54) is 33.8 Å². The van der Waals surface area contributed by atoms with Crippen LogP contribution in [0.3, 0.4) is 0 Å². The summed E-state index contributed by atoms with van der Waals surface area (Å²) in [6, 6.07) is 6.44. The number of ether oxygens (including phenoxy) is 1. The number of rotatable bonds is 6. The SMILES string of the molecule is CCOC(=O)C1CCCCN1S(=O)(=O)c1cc(-c2nc(-c3cccc(F)c3)no2)sc1C. The van der Waals surface area contributed by atoms with E-state index >= 15 is 0 Å². The molecule has 0 bridgehead atoms. The largest absolute Gasteiger partial charge is 0.465 e. The molecule has 1 saturated heterocycles. The van der Waals surface area contributed by atoms with Crippen LogP contribution < -0.4 is 0 Å². The Kier molecular flexibility index (Phi) is 6.40. The van der Waals surface area contributed by atoms with Gasteiger partial charge in [-0.3, -0.25) is 4.79 Å². The predicted molar refractivity (Wildman–Crippen MR) is 116 cm³/mol. The minimum atomic E-state index is -3.94. The van der Waals surface area contributed by atoms with Gasteiger partial charge in [0.25, 0.3) is 5.89 Å². The number of sulfonamides is 1. The third-order valence-corrected chi connectivity index (χ3v) is 8.39. The minimum Gasteiger partial charge on any atom is -0.465 e. The quantitative estimate of drug-likeness (QED) is 0.492. The third-order valence-electron chi connectivity index (χ3n) is 5.19. The minimum absolute atomic E-state index is 0.0965. The first-order valence-corrected chi connectivity index (χ1v) is 12.5. The number of carbonyl (C=O) groups excluding carboxylic acids is 1. The van der Waals surface area contributed by atoms with Crippen LogP contribution in [0.2, 0.25) is 0 Å². The van der Waals surface area contributed by atoms with Gasteiger partial charge in [-0.1, -0.05) is 17.3 Å². The molecule has 1 unspecified atom stereocenters. The van der Waals surface area contributed by atoms with Crippen molar-refractivity contribution in [1.29, 1.82) is 0 Å². The molecule has 3 heterocycles. The highest BCUT2D eigenvalue weighted by Gasteiger charge is 2.39. The Hall–Kier alpha value is -2.63. The summed E-state index contributed by atoms with van der Waals surface area (Å²) in [7, 11) is -3.94. The average molecular weight is 480 g/mol. The van der Waals surface area contributed by atoms with Gasteiger partial charge in [0.05, 0.1) is 16.4 Å². The predicted octanol–water partition coefficient (Wildman–Crippen LogP) is 4.02. The zero-order valence-corrected chi connectivity index (χ0v) is 19.2. The summed E-state index contributed by atoms with van der Waals surface area (Å²) < 4.78 is 52.0. The Morgan fingerprint density at radius 1 is 1.34 bits per heavy atom. The van der Waals surface area contributed by atoms with Crippen LogP contribution in [0.15, 0.2) is 39.8 Å². The van der Waals surface area contributed by atoms with E-state index in [2.05, 4.69) is 10.1 Å². The second-order valence-electron chi connectivity index (χ2n) is 7.34. The second-order valence-corrected chi connectivity index (χ2v) is 10.5. The number of carbonyl (C=O) groups is 1. The van der Waals surface area contributed by atoms with Crippen molar-refractivity contribution < 1.29 is 26.9 Å². The molecule has 1 aliphatic rings. The summed E-state index contributed by atoms with van der Waals surface area (Å²) >= 11 is 1.20. The van der Waals surface area contributed by atoms with E-state index in [0.717, 1.165) is 6.42 Å². The van der Waals surface area contributed by atoms with Gasteiger partial charge < -0.3 is 9.26 Å². The smallest absolute Gasteiger partial charge is 0.324 e. The van der Waals surface area contributed by atoms with Gasteiger partial charge in [-0.2, -0.15) is 9.29 Å². The fourth-order valence-corrected chi connectivity index (χ4v) is 6.82. The molecule has 1 fully saturated rings. The Balaban J connectivity index is 1.65. The molecule has 1 aliphatic heterocycles. The van der Waals surface area contributed by atoms with E-state index in [0.29, 0.717) is 28.2 Å². The molecule has 3 aromatic rings. The highest BCUT2D eigenvalue weighted by atomic mass is 32.2. The number of hydrogen-bond donors (Lipinski definition) is 0. The van der Waals surface area contributed by atoms with Crippen LogP contribution in [0.5, 0.6) is 0 Å². The lowest BCUT2D eigenvalue weighted by Gasteiger charge is -2.32. The number of piperidine rings is 1. The fourth-order valence-electron chi connectivity index (χ4n) is 3.69. The summed E-state index contributed by atoms with van der Waals surface area (Å²) in [5.41, 5.74) is 0.451. The van der Waals surface area contributed by atoms with E-state index in [1.54, 1.807) is 26.0 Å². The van der Waals surface area contributed by atoms with Crippen molar-refractivity contribution in [2.45, 2.75) is 44.0 Å².